The van der Waals surface area contributed by atoms with Crippen molar-refractivity contribution in [1.29, 1.82) is 0 Å². The van der Waals surface area contributed by atoms with Crippen LogP contribution in [-0.2, 0) is 12.8 Å². The van der Waals surface area contributed by atoms with E-state index in [-0.39, 0.29) is 0 Å². The Bertz CT molecular complexity index is 360. The lowest BCUT2D eigenvalue weighted by Crippen LogP contribution is -2.32. The molecule has 0 bridgehead atoms. The lowest BCUT2D eigenvalue weighted by atomic mass is 9.86. The minimum Gasteiger partial charge on any atom is -0.314 e. The molecule has 3 heteroatoms. The van der Waals surface area contributed by atoms with Gasteiger partial charge in [-0.3, -0.25) is 0 Å². The fourth-order valence-electron chi connectivity index (χ4n) is 2.34. The molecule has 1 aliphatic rings. The van der Waals surface area contributed by atoms with Crippen LogP contribution in [-0.4, -0.2) is 22.6 Å². The summed E-state index contributed by atoms with van der Waals surface area (Å²) < 4.78 is 0. The standard InChI is InChI=1S/C13H21N3/c1-9(2)14-7-11-4-5-13-12(6-11)10(3)15-8-16-13/h8-9,11,14H,4-7H2,1-3H3. The largest absolute Gasteiger partial charge is 0.314 e. The molecule has 1 aromatic heterocycles. The number of nitrogens with one attached hydrogen (secondary N) is 1. The number of aryl methyl sites for hydroxylation is 2. The molecule has 1 unspecified atom stereocenters. The SMILES string of the molecule is Cc1ncnc2c1CC(CNC(C)C)CC2. The molecule has 88 valence electrons. The van der Waals surface area contributed by atoms with Crippen LogP contribution in [0.5, 0.6) is 0 Å². The predicted molar refractivity (Wildman–Crippen MR) is 65.4 cm³/mol. The highest BCUT2D eigenvalue weighted by Gasteiger charge is 2.21. The van der Waals surface area contributed by atoms with Crippen molar-refractivity contribution in [2.24, 2.45) is 5.92 Å². The first-order valence-corrected chi connectivity index (χ1v) is 6.19. The van der Waals surface area contributed by atoms with Crippen LogP contribution in [0.15, 0.2) is 6.33 Å². The molecule has 16 heavy (non-hydrogen) atoms. The quantitative estimate of drug-likeness (QED) is 0.843. The number of aromatic nitrogens is 2. The summed E-state index contributed by atoms with van der Waals surface area (Å²) in [6.45, 7) is 7.61. The monoisotopic (exact) mass is 219 g/mol. The number of hydrogen-bond donors (Lipinski definition) is 1. The molecule has 0 saturated heterocycles. The van der Waals surface area contributed by atoms with Crippen molar-refractivity contribution in [2.45, 2.75) is 46.1 Å². The maximum Gasteiger partial charge on any atom is 0.115 e. The zero-order valence-electron chi connectivity index (χ0n) is 10.5. The molecule has 2 rings (SSSR count). The van der Waals surface area contributed by atoms with Crippen LogP contribution in [0, 0.1) is 12.8 Å². The summed E-state index contributed by atoms with van der Waals surface area (Å²) in [5.41, 5.74) is 3.83. The maximum atomic E-state index is 4.38. The van der Waals surface area contributed by atoms with Gasteiger partial charge in [0, 0.05) is 17.4 Å². The van der Waals surface area contributed by atoms with Gasteiger partial charge in [0.15, 0.2) is 0 Å². The van der Waals surface area contributed by atoms with Gasteiger partial charge in [-0.15, -0.1) is 0 Å². The number of rotatable bonds is 3. The second-order valence-electron chi connectivity index (χ2n) is 5.06. The molecule has 0 aromatic carbocycles. The summed E-state index contributed by atoms with van der Waals surface area (Å²) >= 11 is 0. The van der Waals surface area contributed by atoms with E-state index in [2.05, 4.69) is 36.1 Å². The first kappa shape index (κ1) is 11.5. The first-order valence-electron chi connectivity index (χ1n) is 6.19. The molecule has 0 aliphatic heterocycles. The third kappa shape index (κ3) is 2.59. The van der Waals surface area contributed by atoms with Crippen LogP contribution >= 0.6 is 0 Å². The molecule has 0 radical (unpaired) electrons. The Labute approximate surface area is 97.7 Å². The molecule has 1 aromatic rings. The van der Waals surface area contributed by atoms with Gasteiger partial charge in [0.2, 0.25) is 0 Å². The number of nitrogens with zero attached hydrogens (tertiary/aromatic N) is 2. The average molecular weight is 219 g/mol. The van der Waals surface area contributed by atoms with Crippen LogP contribution in [0.1, 0.15) is 37.2 Å². The molecule has 0 fully saturated rings. The van der Waals surface area contributed by atoms with Crippen molar-refractivity contribution in [3.05, 3.63) is 23.3 Å². The fourth-order valence-corrected chi connectivity index (χ4v) is 2.34. The minimum atomic E-state index is 0.578. The van der Waals surface area contributed by atoms with E-state index in [1.165, 1.54) is 23.4 Å². The van der Waals surface area contributed by atoms with Gasteiger partial charge in [0.05, 0.1) is 0 Å². The zero-order chi connectivity index (χ0) is 11.5. The summed E-state index contributed by atoms with van der Waals surface area (Å²) in [6, 6.07) is 0.578. The Morgan fingerprint density at radius 2 is 2.25 bits per heavy atom. The Morgan fingerprint density at radius 1 is 1.44 bits per heavy atom. The van der Waals surface area contributed by atoms with E-state index in [1.807, 2.05) is 0 Å². The Morgan fingerprint density at radius 3 is 3.00 bits per heavy atom. The van der Waals surface area contributed by atoms with Gasteiger partial charge in [-0.25, -0.2) is 9.97 Å². The molecule has 1 N–H and O–H groups in total. The lowest BCUT2D eigenvalue weighted by molar-refractivity contribution is 0.401. The van der Waals surface area contributed by atoms with Crippen molar-refractivity contribution in [1.82, 2.24) is 15.3 Å². The predicted octanol–water partition coefficient (Wildman–Crippen LogP) is 1.89. The number of hydrogen-bond acceptors (Lipinski definition) is 3. The molecular formula is C13H21N3. The van der Waals surface area contributed by atoms with Crippen LogP contribution < -0.4 is 5.32 Å². The number of fused-ring (bicyclic) bond motifs is 1. The summed E-state index contributed by atoms with van der Waals surface area (Å²) in [6.07, 6.45) is 5.20. The summed E-state index contributed by atoms with van der Waals surface area (Å²) in [7, 11) is 0. The highest BCUT2D eigenvalue weighted by atomic mass is 14.9. The summed E-state index contributed by atoms with van der Waals surface area (Å²) in [4.78, 5) is 8.67. The van der Waals surface area contributed by atoms with Gasteiger partial charge in [-0.1, -0.05) is 13.8 Å². The molecule has 1 aliphatic carbocycles. The molecule has 3 nitrogen and oxygen atoms in total. The Hall–Kier alpha value is -0.960. The second kappa shape index (κ2) is 4.91. The van der Waals surface area contributed by atoms with Crippen LogP contribution in [0.25, 0.3) is 0 Å². The molecule has 0 saturated carbocycles. The van der Waals surface area contributed by atoms with Gasteiger partial charge < -0.3 is 5.32 Å². The van der Waals surface area contributed by atoms with Crippen molar-refractivity contribution < 1.29 is 0 Å². The Balaban J connectivity index is 2.03. The van der Waals surface area contributed by atoms with Crippen molar-refractivity contribution in [3.63, 3.8) is 0 Å². The smallest absolute Gasteiger partial charge is 0.115 e. The van der Waals surface area contributed by atoms with E-state index in [0.29, 0.717) is 6.04 Å². The van der Waals surface area contributed by atoms with E-state index >= 15 is 0 Å². The molecule has 0 amide bonds. The van der Waals surface area contributed by atoms with Crippen LogP contribution in [0.3, 0.4) is 0 Å². The van der Waals surface area contributed by atoms with Gasteiger partial charge in [0.1, 0.15) is 6.33 Å². The minimum absolute atomic E-state index is 0.578. The molecule has 1 heterocycles. The lowest BCUT2D eigenvalue weighted by Gasteiger charge is -2.25. The van der Waals surface area contributed by atoms with Crippen LogP contribution in [0.4, 0.5) is 0 Å². The maximum absolute atomic E-state index is 4.38. The van der Waals surface area contributed by atoms with Crippen molar-refractivity contribution in [3.8, 4) is 0 Å². The molecule has 1 atom stereocenters. The first-order chi connectivity index (χ1) is 7.66. The van der Waals surface area contributed by atoms with Gasteiger partial charge in [-0.2, -0.15) is 0 Å². The van der Waals surface area contributed by atoms with Gasteiger partial charge in [0.25, 0.3) is 0 Å². The van der Waals surface area contributed by atoms with Gasteiger partial charge in [-0.05, 0) is 44.2 Å². The molecular weight excluding hydrogens is 198 g/mol. The summed E-state index contributed by atoms with van der Waals surface area (Å²) in [5.74, 6) is 0.750. The third-order valence-corrected chi connectivity index (χ3v) is 3.35. The van der Waals surface area contributed by atoms with E-state index in [1.54, 1.807) is 6.33 Å². The highest BCUT2D eigenvalue weighted by molar-refractivity contribution is 5.26. The average Bonchev–Trinajstić information content (AvgIpc) is 2.27. The molecule has 0 spiro atoms. The van der Waals surface area contributed by atoms with Crippen LogP contribution in [0.2, 0.25) is 0 Å². The fraction of sp³-hybridized carbons (Fsp3) is 0.692. The van der Waals surface area contributed by atoms with E-state index in [0.717, 1.165) is 25.3 Å². The van der Waals surface area contributed by atoms with E-state index in [4.69, 9.17) is 0 Å². The normalized spacial score (nSPS) is 19.9. The van der Waals surface area contributed by atoms with E-state index in [9.17, 15) is 0 Å². The highest BCUT2D eigenvalue weighted by Crippen LogP contribution is 2.25. The third-order valence-electron chi connectivity index (χ3n) is 3.35. The van der Waals surface area contributed by atoms with Crippen molar-refractivity contribution in [2.75, 3.05) is 6.54 Å². The summed E-state index contributed by atoms with van der Waals surface area (Å²) in [5, 5.41) is 3.52. The topological polar surface area (TPSA) is 37.8 Å². The zero-order valence-corrected chi connectivity index (χ0v) is 10.5. The second-order valence-corrected chi connectivity index (χ2v) is 5.06. The van der Waals surface area contributed by atoms with E-state index < -0.39 is 0 Å². The van der Waals surface area contributed by atoms with Gasteiger partial charge >= 0.3 is 0 Å². The Kier molecular flexibility index (Phi) is 3.54. The van der Waals surface area contributed by atoms with Crippen molar-refractivity contribution >= 4 is 0 Å².